The molecule has 19 rings (SSSR count). The van der Waals surface area contributed by atoms with E-state index in [1.165, 1.54) is 82.4 Å². The average molecular weight is 2050 g/mol. The summed E-state index contributed by atoms with van der Waals surface area (Å²) in [5, 5.41) is 76.8. The lowest BCUT2D eigenvalue weighted by molar-refractivity contribution is -0.346. The fourth-order valence-corrected chi connectivity index (χ4v) is 21.9. The molecule has 762 valence electrons. The van der Waals surface area contributed by atoms with Gasteiger partial charge in [-0.2, -0.15) is 13.5 Å². The number of ketones is 1. The number of aromatic amines is 3. The standard InChI is InChI=1S/C47H51NO14.C25H22ClN5O2S.C22H24N2O2.C20H19N3O.H2S/c1-25-31(60-43(56)36(52)35(28-16-10-7-11-17-28)48-41(54)29-18-12-8-13-19-29)23-47(57)40(61-42(55)30-20-14-9-15-21-30)38-45(6,32(51)22-33-46(38,24-58-33)62-27(3)50)39(53)37(59-26(2)49)34(25)44(47,4)5;1-13-14(2)34-25-22(13)23(16-4-6-17(26)7-5-16)28-20(24-30-29-15(3)31(24)25)12-21(33)27-18-8-10-19(32)11-9-18;1-16-19(20-8-4-5-9-21(20)23-16)7-3-2-6-17-10-12-18(13-11-17)14-15-22(25)24-26;1-12-8-13(2)21-16(12)10-19-20(24-3)11-18(23-19)17-9-14-6-4-5-7-15(14)22-17;/h7-21,31-33,35-38,40,51-52,57H,22-24H2,1-6H3,(H,48,54);4-11,20,32H,12H2,1-3H3,(H,27,33);4-5,8-15,23,26H,2-3,6-7H2,1H3,(H,24,25);4-11,21,23H,1-3H3;1H2/b;;15-14+;18-17?,19-10-;/t31-,32-,33+,35-,36+,37+,38-,40-,45+,46-,47+;20-;;;/m00.../s1. The first-order valence-corrected chi connectivity index (χ1v) is 49.3. The molecular formula is C114H118ClN11O19S2. The molecule has 6 aliphatic rings. The number of hydrogen-bond donors (Lipinski definition) is 11. The van der Waals surface area contributed by atoms with Crippen LogP contribution in [-0.4, -0.2) is 170 Å². The Morgan fingerprint density at radius 2 is 1.40 bits per heavy atom. The fourth-order valence-electron chi connectivity index (χ4n) is 20.6. The summed E-state index contributed by atoms with van der Waals surface area (Å²) in [5.74, 6) is -5.25. The van der Waals surface area contributed by atoms with Crippen LogP contribution in [0.5, 0.6) is 11.5 Å². The maximum atomic E-state index is 15.5. The van der Waals surface area contributed by atoms with Gasteiger partial charge in [-0.3, -0.25) is 43.5 Å². The van der Waals surface area contributed by atoms with Crippen molar-refractivity contribution >= 4 is 130 Å². The van der Waals surface area contributed by atoms with E-state index in [1.54, 1.807) is 135 Å². The third-order valence-electron chi connectivity index (χ3n) is 28.3. The molecule has 2 bridgehead atoms. The molecule has 3 aliphatic heterocycles. The summed E-state index contributed by atoms with van der Waals surface area (Å²) in [5.41, 5.74) is 9.58. The number of methoxy groups -OCH3 is 1. The number of para-hydroxylation sites is 2. The molecule has 33 heteroatoms. The monoisotopic (exact) mass is 2040 g/mol. The second-order valence-corrected chi connectivity index (χ2v) is 39.8. The van der Waals surface area contributed by atoms with Gasteiger partial charge in [0.15, 0.2) is 29.4 Å². The lowest BCUT2D eigenvalue weighted by Gasteiger charge is -2.67. The van der Waals surface area contributed by atoms with E-state index in [4.69, 9.17) is 55.2 Å². The number of ether oxygens (including phenoxy) is 6. The molecule has 5 aromatic heterocycles. The summed E-state index contributed by atoms with van der Waals surface area (Å²) in [6, 6.07) is 65.2. The van der Waals surface area contributed by atoms with Crippen LogP contribution in [0.3, 0.4) is 0 Å². The number of H-pyrrole nitrogens is 3. The lowest BCUT2D eigenvalue weighted by atomic mass is 9.44. The molecular weight excluding hydrogens is 1930 g/mol. The van der Waals surface area contributed by atoms with Crippen molar-refractivity contribution < 1.29 is 92.4 Å². The number of hydroxylamine groups is 1. The number of aromatic hydroxyl groups is 1. The number of unbranched alkanes of at least 4 members (excludes halogenated alkanes) is 1. The molecule has 8 heterocycles. The number of thiophene rings is 1. The molecule has 12 atom stereocenters. The normalized spacial score (nSPS) is 21.4. The number of aryl methyl sites for hydroxylation is 7. The predicted octanol–water partition coefficient (Wildman–Crippen LogP) is 15.0. The molecule has 0 radical (unpaired) electrons. The molecule has 1 saturated heterocycles. The number of nitrogens with zero attached hydrogens (tertiary/aromatic N) is 5. The number of carbonyl (C=O) groups excluding carboxylic acids is 8. The quantitative estimate of drug-likeness (QED) is 0.00414. The molecule has 2 saturated carbocycles. The van der Waals surface area contributed by atoms with Crippen molar-refractivity contribution in [3.8, 4) is 16.5 Å². The van der Waals surface area contributed by atoms with Crippen LogP contribution in [0.2, 0.25) is 5.02 Å². The Kier molecular flexibility index (Phi) is 32.7. The van der Waals surface area contributed by atoms with E-state index in [0.717, 1.165) is 122 Å². The number of phenols is 1. The number of phenolic OH excluding ortho intramolecular Hbond substituents is 1. The maximum absolute atomic E-state index is 15.5. The molecule has 8 aromatic carbocycles. The van der Waals surface area contributed by atoms with Crippen LogP contribution < -0.4 is 42.1 Å². The molecule has 0 spiro atoms. The molecule has 3 fully saturated rings. The third kappa shape index (κ3) is 22.3. The summed E-state index contributed by atoms with van der Waals surface area (Å²) >= 11 is 7.82. The zero-order chi connectivity index (χ0) is 104. The molecule has 11 N–H and O–H groups in total. The number of aliphatic imine (C=N–C) groups is 1. The van der Waals surface area contributed by atoms with Crippen LogP contribution in [0.25, 0.3) is 39.8 Å². The Bertz CT molecular complexity index is 7470. The number of nitrogens with one attached hydrogen (secondary N) is 6. The van der Waals surface area contributed by atoms with Crippen molar-refractivity contribution in [3.63, 3.8) is 0 Å². The first kappa shape index (κ1) is 107. The van der Waals surface area contributed by atoms with Crippen LogP contribution in [0, 0.1) is 58.3 Å². The number of benzene rings is 8. The van der Waals surface area contributed by atoms with E-state index >= 15 is 4.79 Å². The highest BCUT2D eigenvalue weighted by molar-refractivity contribution is 7.59. The number of esters is 4. The number of anilines is 1. The van der Waals surface area contributed by atoms with Gasteiger partial charge in [-0.05, 0) is 223 Å². The molecule has 13 aromatic rings. The largest absolute Gasteiger partial charge is 0.508 e. The minimum atomic E-state index is -2.39. The Labute approximate surface area is 864 Å². The van der Waals surface area contributed by atoms with Crippen molar-refractivity contribution in [2.24, 2.45) is 26.7 Å². The van der Waals surface area contributed by atoms with Gasteiger partial charge in [0, 0.05) is 110 Å². The Hall–Kier alpha value is -14.7. The fraction of sp³-hybridized carbons (Fsp3) is 0.298. The van der Waals surface area contributed by atoms with E-state index in [1.807, 2.05) is 72.2 Å². The summed E-state index contributed by atoms with van der Waals surface area (Å²) < 4.78 is 37.8. The topological polar surface area (TPSA) is 432 Å². The van der Waals surface area contributed by atoms with Crippen LogP contribution in [0.15, 0.2) is 252 Å². The highest BCUT2D eigenvalue weighted by Crippen LogP contribution is 2.65. The van der Waals surface area contributed by atoms with Crippen molar-refractivity contribution in [1.29, 1.82) is 0 Å². The second kappa shape index (κ2) is 45.1. The van der Waals surface area contributed by atoms with Gasteiger partial charge in [-0.15, -0.1) is 21.5 Å². The summed E-state index contributed by atoms with van der Waals surface area (Å²) in [4.78, 5) is 129. The molecule has 147 heavy (non-hydrogen) atoms. The highest BCUT2D eigenvalue weighted by atomic mass is 35.5. The van der Waals surface area contributed by atoms with Crippen LogP contribution in [0.1, 0.15) is 185 Å². The van der Waals surface area contributed by atoms with E-state index in [9.17, 15) is 54.0 Å². The van der Waals surface area contributed by atoms with Gasteiger partial charge in [-0.1, -0.05) is 165 Å². The number of aliphatic hydroxyl groups excluding tert-OH is 2. The SMILES string of the molecule is CC(=O)O[C@H]1C(=O)[C@@]2(C)[C@H]([C@H](OC(=O)c3ccccc3)[C@]3(O)C[C@H](OC(=O)[C@H](O)[C@@H](NC(=O)c4ccccc4)c4ccccc4)C(C)=C1C3(C)C)[C@]1(OC(C)=O)CO[C@@H]1C[C@@H]2O.COc1cc(=C2C=c3ccccc3=N2)[nH]/c1=C\c1[nH]c(C)cc1C.Cc1[nH]c2ccccc2c1CCCCc1ccc(/C=C/C(=O)NO)cc1.Cc1sc2c(c1C)C(c1ccc(Cl)cc1)=N[C@@H](CC(=O)Nc1ccc(O)cc1)c1nnc(C)n1-2.S. The minimum absolute atomic E-state index is 0. The lowest BCUT2D eigenvalue weighted by Crippen LogP contribution is -2.82. The number of aliphatic hydroxyl groups is 3. The molecule has 0 unspecified atom stereocenters. The number of aromatic nitrogens is 6. The number of carbonyl (C=O) groups is 8. The number of amides is 3. The summed E-state index contributed by atoms with van der Waals surface area (Å²) in [7, 11) is 1.69. The van der Waals surface area contributed by atoms with Crippen LogP contribution in [0.4, 0.5) is 5.69 Å². The Morgan fingerprint density at radius 3 is 2.05 bits per heavy atom. The van der Waals surface area contributed by atoms with Gasteiger partial charge in [0.05, 0.1) is 76.6 Å². The predicted molar refractivity (Wildman–Crippen MR) is 563 cm³/mol. The highest BCUT2D eigenvalue weighted by Gasteiger charge is 2.78. The Balaban J connectivity index is 0.000000160. The molecule has 3 amide bonds. The second-order valence-electron chi connectivity index (χ2n) is 38.1. The smallest absolute Gasteiger partial charge is 0.338 e. The van der Waals surface area contributed by atoms with Crippen LogP contribution >= 0.6 is 36.4 Å². The minimum Gasteiger partial charge on any atom is -0.508 e. The molecule has 3 aliphatic carbocycles. The number of fused-ring (bicyclic) bond motifs is 10. The number of hydrogen-bond acceptors (Lipinski definition) is 24. The van der Waals surface area contributed by atoms with Gasteiger partial charge < -0.3 is 74.4 Å². The van der Waals surface area contributed by atoms with Crippen molar-refractivity contribution in [3.05, 3.63) is 357 Å². The number of Topliss-reactive ketones (excluding diaryl/α,β-unsaturated/α-hetero) is 1. The van der Waals surface area contributed by atoms with E-state index < -0.39 is 125 Å². The van der Waals surface area contributed by atoms with Gasteiger partial charge in [0.25, 0.3) is 11.8 Å². The van der Waals surface area contributed by atoms with Gasteiger partial charge in [0.1, 0.15) is 52.3 Å². The zero-order valence-electron chi connectivity index (χ0n) is 83.5. The number of rotatable bonds is 23. The first-order valence-electron chi connectivity index (χ1n) is 48.1. The van der Waals surface area contributed by atoms with Crippen molar-refractivity contribution in [1.82, 2.24) is 40.5 Å². The Morgan fingerprint density at radius 1 is 0.741 bits per heavy atom. The summed E-state index contributed by atoms with van der Waals surface area (Å²) in [6.07, 6.45) is 1.15. The van der Waals surface area contributed by atoms with E-state index in [-0.39, 0.29) is 66.9 Å². The van der Waals surface area contributed by atoms with Gasteiger partial charge >= 0.3 is 23.9 Å². The van der Waals surface area contributed by atoms with Crippen LogP contribution in [-0.2, 0) is 65.3 Å². The first-order chi connectivity index (χ1) is 69.9. The van der Waals surface area contributed by atoms with Crippen molar-refractivity contribution in [2.45, 2.75) is 188 Å². The van der Waals surface area contributed by atoms with Gasteiger partial charge in [-0.25, -0.2) is 20.1 Å². The summed E-state index contributed by atoms with van der Waals surface area (Å²) in [6.45, 7) is 20.4. The maximum Gasteiger partial charge on any atom is 0.338 e. The van der Waals surface area contributed by atoms with E-state index in [2.05, 4.69) is 131 Å². The zero-order valence-corrected chi connectivity index (χ0v) is 86.1. The van der Waals surface area contributed by atoms with Crippen molar-refractivity contribution in [2.75, 3.05) is 19.0 Å². The van der Waals surface area contributed by atoms with E-state index in [0.29, 0.717) is 22.1 Å². The average Bonchev–Trinajstić information content (AvgIpc) is 1.05. The van der Waals surface area contributed by atoms with Gasteiger partial charge in [0.2, 0.25) is 5.91 Å². The third-order valence-corrected chi connectivity index (χ3v) is 29.8. The number of halogens is 1. The molecule has 30 nitrogen and oxygen atoms in total.